The van der Waals surface area contributed by atoms with Gasteiger partial charge in [0.2, 0.25) is 0 Å². The van der Waals surface area contributed by atoms with Crippen molar-refractivity contribution in [1.82, 2.24) is 5.23 Å². The van der Waals surface area contributed by atoms with Gasteiger partial charge in [-0.3, -0.25) is 4.79 Å². The Kier molecular flexibility index (Phi) is 9.79. The van der Waals surface area contributed by atoms with Gasteiger partial charge >= 0.3 is 13.0 Å². The number of aliphatic carboxylic acids is 1. The molecule has 2 unspecified atom stereocenters. The first-order valence-corrected chi connectivity index (χ1v) is 13.5. The minimum Gasteiger partial charge on any atom is -0.489 e. The van der Waals surface area contributed by atoms with Crippen molar-refractivity contribution >= 4 is 103 Å². The molecule has 3 rings (SSSR count). The highest BCUT2D eigenvalue weighted by atomic mass is 127. The lowest BCUT2D eigenvalue weighted by Gasteiger charge is -2.17. The van der Waals surface area contributed by atoms with E-state index in [0.29, 0.717) is 18.1 Å². The zero-order valence-electron chi connectivity index (χ0n) is 16.2. The molecule has 7 nitrogen and oxygen atoms in total. The van der Waals surface area contributed by atoms with Gasteiger partial charge in [-0.25, -0.2) is 0 Å². The highest BCUT2D eigenvalue weighted by Gasteiger charge is 2.25. The second-order valence-corrected chi connectivity index (χ2v) is 11.6. The van der Waals surface area contributed by atoms with Crippen molar-refractivity contribution in [2.45, 2.75) is 25.4 Å². The normalized spacial score (nSPS) is 16.0. The smallest absolute Gasteiger partial charge is 0.374 e. The lowest BCUT2D eigenvalue weighted by atomic mass is 9.86. The molecule has 0 radical (unpaired) electrons. The average Bonchev–Trinajstić information content (AvgIpc) is 3.47. The van der Waals surface area contributed by atoms with Crippen LogP contribution in [0.5, 0.6) is 17.2 Å². The van der Waals surface area contributed by atoms with Crippen LogP contribution in [0.1, 0.15) is 5.56 Å². The van der Waals surface area contributed by atoms with E-state index >= 15 is 0 Å². The molecule has 166 valence electrons. The van der Waals surface area contributed by atoms with Gasteiger partial charge in [-0.05, 0) is 133 Å². The Balaban J connectivity index is 1.76. The first-order chi connectivity index (χ1) is 14.6. The van der Waals surface area contributed by atoms with E-state index < -0.39 is 19.1 Å². The van der Waals surface area contributed by atoms with Crippen LogP contribution >= 0.6 is 90.4 Å². The minimum absolute atomic E-state index is 0.195. The molecule has 0 amide bonds. The second kappa shape index (κ2) is 11.7. The Hall–Kier alpha value is 0.375. The van der Waals surface area contributed by atoms with Crippen LogP contribution < -0.4 is 14.7 Å². The largest absolute Gasteiger partial charge is 0.489 e. The molecule has 0 aromatic heterocycles. The third kappa shape index (κ3) is 7.70. The Morgan fingerprint density at radius 3 is 2.19 bits per heavy atom. The van der Waals surface area contributed by atoms with Crippen LogP contribution in [0, 0.1) is 14.3 Å². The maximum atomic E-state index is 11.5. The molecule has 12 heteroatoms. The van der Waals surface area contributed by atoms with E-state index in [-0.39, 0.29) is 12.5 Å². The van der Waals surface area contributed by atoms with E-state index in [2.05, 4.69) is 95.6 Å². The summed E-state index contributed by atoms with van der Waals surface area (Å²) in [5.41, 5.74) is 0.844. The first-order valence-electron chi connectivity index (χ1n) is 9.20. The van der Waals surface area contributed by atoms with Crippen LogP contribution in [0.25, 0.3) is 0 Å². The maximum absolute atomic E-state index is 11.5. The van der Waals surface area contributed by atoms with E-state index in [1.807, 2.05) is 24.3 Å². The van der Waals surface area contributed by atoms with E-state index in [1.54, 1.807) is 0 Å². The number of carbonyl (C=O) groups is 1. The van der Waals surface area contributed by atoms with Crippen molar-refractivity contribution in [3.05, 3.63) is 44.1 Å². The predicted molar refractivity (Wildman–Crippen MR) is 151 cm³/mol. The van der Waals surface area contributed by atoms with Crippen molar-refractivity contribution in [2.75, 3.05) is 13.2 Å². The fourth-order valence-electron chi connectivity index (χ4n) is 2.76. The fraction of sp³-hybridized carbons (Fsp3) is 0.316. The van der Waals surface area contributed by atoms with Gasteiger partial charge in [-0.1, -0.05) is 0 Å². The van der Waals surface area contributed by atoms with Crippen LogP contribution in [-0.4, -0.2) is 48.5 Å². The zero-order valence-corrected chi connectivity index (χ0v) is 24.8. The molecule has 1 fully saturated rings. The number of nitrogens with one attached hydrogen (secondary N) is 1. The molecular weight excluding hydrogens is 857 g/mol. The Labute approximate surface area is 235 Å². The molecule has 31 heavy (non-hydrogen) atoms. The number of hydrogen-bond acceptors (Lipinski definition) is 6. The molecule has 1 aliphatic heterocycles. The summed E-state index contributed by atoms with van der Waals surface area (Å²) in [4.78, 5) is 11.5. The molecule has 0 aliphatic carbocycles. The molecule has 1 heterocycles. The van der Waals surface area contributed by atoms with Gasteiger partial charge in [0, 0.05) is 0 Å². The molecule has 0 spiro atoms. The third-order valence-corrected chi connectivity index (χ3v) is 7.45. The number of epoxide rings is 1. The Morgan fingerprint density at radius 1 is 1.16 bits per heavy atom. The van der Waals surface area contributed by atoms with Gasteiger partial charge in [0.05, 0.1) is 20.9 Å². The molecule has 2 aromatic carbocycles. The van der Waals surface area contributed by atoms with Gasteiger partial charge in [0.25, 0.3) is 0 Å². The summed E-state index contributed by atoms with van der Waals surface area (Å²) in [5, 5.41) is 21.5. The molecule has 2 atom stereocenters. The molecular formula is C19H18BI4NO6. The molecule has 1 saturated heterocycles. The van der Waals surface area contributed by atoms with Gasteiger partial charge in [0.1, 0.15) is 30.3 Å². The van der Waals surface area contributed by atoms with E-state index in [9.17, 15) is 14.9 Å². The molecule has 0 bridgehead atoms. The number of carboxylic acids is 1. The summed E-state index contributed by atoms with van der Waals surface area (Å²) in [6.07, 6.45) is 0.444. The van der Waals surface area contributed by atoms with Gasteiger partial charge < -0.3 is 29.6 Å². The van der Waals surface area contributed by atoms with Crippen molar-refractivity contribution in [3.63, 3.8) is 0 Å². The van der Waals surface area contributed by atoms with E-state index in [4.69, 9.17) is 14.2 Å². The molecule has 1 aliphatic rings. The van der Waals surface area contributed by atoms with Crippen LogP contribution in [0.15, 0.2) is 24.3 Å². The highest BCUT2D eigenvalue weighted by molar-refractivity contribution is 14.1. The van der Waals surface area contributed by atoms with Crippen LogP contribution in [0.3, 0.4) is 0 Å². The monoisotopic (exact) mass is 875 g/mol. The lowest BCUT2D eigenvalue weighted by molar-refractivity contribution is -0.139. The van der Waals surface area contributed by atoms with Crippen LogP contribution in [0.4, 0.5) is 0 Å². The maximum Gasteiger partial charge on any atom is 0.374 e. The van der Waals surface area contributed by atoms with E-state index in [0.717, 1.165) is 32.2 Å². The second-order valence-electron chi connectivity index (χ2n) is 6.91. The lowest BCUT2D eigenvalue weighted by Crippen LogP contribution is -2.46. The summed E-state index contributed by atoms with van der Waals surface area (Å²) >= 11 is 8.85. The van der Waals surface area contributed by atoms with Crippen molar-refractivity contribution in [2.24, 2.45) is 0 Å². The third-order valence-electron chi connectivity index (χ3n) is 4.25. The summed E-state index contributed by atoms with van der Waals surface area (Å²) in [5.74, 6) is 1.23. The number of halogens is 4. The molecule has 2 aromatic rings. The number of ether oxygens (including phenoxy) is 3. The predicted octanol–water partition coefficient (Wildman–Crippen LogP) is 4.37. The minimum atomic E-state index is -1.01. The summed E-state index contributed by atoms with van der Waals surface area (Å²) < 4.78 is 20.9. The summed E-state index contributed by atoms with van der Waals surface area (Å²) in [6, 6.07) is 6.79. The number of carboxylic acid groups (broad SMARTS) is 1. The average molecular weight is 875 g/mol. The topological polar surface area (TPSA) is 101 Å². The highest BCUT2D eigenvalue weighted by Crippen LogP contribution is 2.37. The van der Waals surface area contributed by atoms with Crippen LogP contribution in [0.2, 0.25) is 6.82 Å². The summed E-state index contributed by atoms with van der Waals surface area (Å²) in [7, 11) is -0.907. The number of benzene rings is 2. The van der Waals surface area contributed by atoms with Crippen molar-refractivity contribution in [3.8, 4) is 17.2 Å². The van der Waals surface area contributed by atoms with Gasteiger partial charge in [-0.15, -0.1) is 0 Å². The Morgan fingerprint density at radius 2 is 1.71 bits per heavy atom. The quantitative estimate of drug-likeness (QED) is 0.186. The molecule has 3 N–H and O–H groups in total. The zero-order chi connectivity index (χ0) is 22.7. The fourth-order valence-corrected chi connectivity index (χ4v) is 6.90. The Bertz CT molecular complexity index is 926. The number of hydrogen-bond donors (Lipinski definition) is 3. The summed E-state index contributed by atoms with van der Waals surface area (Å²) in [6.45, 7) is 2.80. The van der Waals surface area contributed by atoms with E-state index in [1.165, 1.54) is 6.82 Å². The van der Waals surface area contributed by atoms with Gasteiger partial charge in [-0.2, -0.15) is 0 Å². The standard InChI is InChI=1S/C19H18BI4NO6/c1-20(28)25-16(19(26)27)4-9-2-12(21)18(13(22)3-9)31-10-5-14(23)17(15(24)6-10)30-8-11-7-29-11/h2-3,5-6,11,16,25,28H,4,7-8H2,1H3,(H,26,27). The SMILES string of the molecule is CB(O)NC(Cc1cc(I)c(Oc2cc(I)c(OCC3CO3)c(I)c2)c(I)c1)C(=O)O. The molecule has 0 saturated carbocycles. The van der Waals surface area contributed by atoms with Crippen molar-refractivity contribution in [1.29, 1.82) is 0 Å². The van der Waals surface area contributed by atoms with Crippen LogP contribution in [-0.2, 0) is 16.0 Å². The van der Waals surface area contributed by atoms with Gasteiger partial charge in [0.15, 0.2) is 5.75 Å². The van der Waals surface area contributed by atoms with Crippen molar-refractivity contribution < 1.29 is 29.1 Å². The number of rotatable bonds is 10. The first kappa shape index (κ1) is 26.0.